The van der Waals surface area contributed by atoms with Crippen LogP contribution in [0, 0.1) is 35.5 Å². The maximum atomic E-state index is 2.53. The molecular weight excluding hydrogens is 192 g/mol. The zero-order chi connectivity index (χ0) is 11.7. The molecule has 0 aromatic rings. The summed E-state index contributed by atoms with van der Waals surface area (Å²) < 4.78 is 0. The van der Waals surface area contributed by atoms with E-state index in [9.17, 15) is 0 Å². The number of hydrogen-bond acceptors (Lipinski definition) is 0. The molecule has 2 aliphatic carbocycles. The van der Waals surface area contributed by atoms with Crippen molar-refractivity contribution in [2.24, 2.45) is 35.5 Å². The molecule has 0 aromatic heterocycles. The first-order valence-electron chi connectivity index (χ1n) is 7.65. The van der Waals surface area contributed by atoms with Crippen molar-refractivity contribution in [3.05, 3.63) is 0 Å². The summed E-state index contributed by atoms with van der Waals surface area (Å²) in [7, 11) is 0. The third kappa shape index (κ3) is 2.81. The van der Waals surface area contributed by atoms with Gasteiger partial charge in [0.15, 0.2) is 0 Å². The van der Waals surface area contributed by atoms with Gasteiger partial charge < -0.3 is 0 Å². The van der Waals surface area contributed by atoms with Gasteiger partial charge in [0.25, 0.3) is 0 Å². The first kappa shape index (κ1) is 12.5. The average molecular weight is 222 g/mol. The van der Waals surface area contributed by atoms with Crippen LogP contribution in [-0.2, 0) is 0 Å². The molecule has 5 unspecified atom stereocenters. The summed E-state index contributed by atoms with van der Waals surface area (Å²) in [6.07, 6.45) is 8.93. The lowest BCUT2D eigenvalue weighted by Gasteiger charge is -2.26. The molecule has 0 radical (unpaired) electrons. The van der Waals surface area contributed by atoms with Gasteiger partial charge in [-0.25, -0.2) is 0 Å². The van der Waals surface area contributed by atoms with E-state index in [-0.39, 0.29) is 0 Å². The van der Waals surface area contributed by atoms with Crippen molar-refractivity contribution in [2.75, 3.05) is 0 Å². The van der Waals surface area contributed by atoms with Crippen LogP contribution in [0.4, 0.5) is 0 Å². The first-order valence-corrected chi connectivity index (χ1v) is 7.65. The van der Waals surface area contributed by atoms with Crippen molar-refractivity contribution in [2.45, 2.75) is 66.2 Å². The molecule has 94 valence electrons. The summed E-state index contributed by atoms with van der Waals surface area (Å²) in [6, 6.07) is 0. The van der Waals surface area contributed by atoms with Crippen LogP contribution in [0.25, 0.3) is 0 Å². The fourth-order valence-electron chi connectivity index (χ4n) is 3.63. The van der Waals surface area contributed by atoms with Gasteiger partial charge in [-0.1, -0.05) is 47.0 Å². The minimum atomic E-state index is 0.962. The fraction of sp³-hybridized carbons (Fsp3) is 1.00. The number of hydrogen-bond donors (Lipinski definition) is 0. The Hall–Kier alpha value is 0. The predicted molar refractivity (Wildman–Crippen MR) is 71.3 cm³/mol. The lowest BCUT2D eigenvalue weighted by molar-refractivity contribution is 0.223. The molecule has 2 saturated carbocycles. The minimum Gasteiger partial charge on any atom is -0.0654 e. The van der Waals surface area contributed by atoms with Crippen LogP contribution in [0.15, 0.2) is 0 Å². The van der Waals surface area contributed by atoms with E-state index in [2.05, 4.69) is 27.7 Å². The van der Waals surface area contributed by atoms with Gasteiger partial charge in [-0.15, -0.1) is 0 Å². The highest BCUT2D eigenvalue weighted by Gasteiger charge is 2.44. The van der Waals surface area contributed by atoms with Gasteiger partial charge in [0.2, 0.25) is 0 Å². The van der Waals surface area contributed by atoms with E-state index in [4.69, 9.17) is 0 Å². The van der Waals surface area contributed by atoms with Crippen molar-refractivity contribution in [1.29, 1.82) is 0 Å². The topological polar surface area (TPSA) is 0 Å². The summed E-state index contributed by atoms with van der Waals surface area (Å²) in [5, 5.41) is 0. The van der Waals surface area contributed by atoms with E-state index in [0.29, 0.717) is 0 Å². The smallest absolute Gasteiger partial charge is 0.0355 e. The highest BCUT2D eigenvalue weighted by atomic mass is 14.5. The Morgan fingerprint density at radius 3 is 2.31 bits per heavy atom. The minimum absolute atomic E-state index is 0.962. The van der Waals surface area contributed by atoms with Crippen molar-refractivity contribution in [3.8, 4) is 0 Å². The molecule has 2 aliphatic rings. The Bertz CT molecular complexity index is 216. The Kier molecular flexibility index (Phi) is 3.97. The van der Waals surface area contributed by atoms with Gasteiger partial charge in [0, 0.05) is 0 Å². The van der Waals surface area contributed by atoms with Gasteiger partial charge in [-0.05, 0) is 54.8 Å². The Labute approximate surface area is 102 Å². The molecule has 0 aliphatic heterocycles. The average Bonchev–Trinajstić information content (AvgIpc) is 3.16. The summed E-state index contributed by atoms with van der Waals surface area (Å²) in [6.45, 7) is 9.86. The third-order valence-electron chi connectivity index (χ3n) is 5.61. The molecular formula is C16H30. The van der Waals surface area contributed by atoms with Crippen LogP contribution in [0.3, 0.4) is 0 Å². The van der Waals surface area contributed by atoms with Crippen LogP contribution >= 0.6 is 0 Å². The third-order valence-corrected chi connectivity index (χ3v) is 5.61. The molecule has 0 bridgehead atoms. The summed E-state index contributed by atoms with van der Waals surface area (Å²) in [4.78, 5) is 0. The van der Waals surface area contributed by atoms with Gasteiger partial charge in [0.05, 0.1) is 0 Å². The Morgan fingerprint density at radius 2 is 1.75 bits per heavy atom. The van der Waals surface area contributed by atoms with Gasteiger partial charge in [-0.3, -0.25) is 0 Å². The molecule has 0 heteroatoms. The van der Waals surface area contributed by atoms with E-state index < -0.39 is 0 Å². The van der Waals surface area contributed by atoms with E-state index in [0.717, 1.165) is 35.5 Å². The summed E-state index contributed by atoms with van der Waals surface area (Å²) in [5.74, 6) is 6.21. The van der Waals surface area contributed by atoms with Crippen LogP contribution in [0.2, 0.25) is 0 Å². The molecule has 16 heavy (non-hydrogen) atoms. The molecule has 0 aromatic carbocycles. The summed E-state index contributed by atoms with van der Waals surface area (Å²) in [5.41, 5.74) is 0. The highest BCUT2D eigenvalue weighted by Crippen LogP contribution is 2.52. The maximum Gasteiger partial charge on any atom is -0.0355 e. The first-order chi connectivity index (χ1) is 7.65. The van der Waals surface area contributed by atoms with Crippen molar-refractivity contribution < 1.29 is 0 Å². The molecule has 2 rings (SSSR count). The zero-order valence-electron chi connectivity index (χ0n) is 11.7. The molecule has 0 spiro atoms. The second-order valence-electron chi connectivity index (χ2n) is 6.72. The van der Waals surface area contributed by atoms with Gasteiger partial charge >= 0.3 is 0 Å². The fourth-order valence-corrected chi connectivity index (χ4v) is 3.63. The van der Waals surface area contributed by atoms with Crippen molar-refractivity contribution in [3.63, 3.8) is 0 Å². The molecule has 0 N–H and O–H groups in total. The van der Waals surface area contributed by atoms with E-state index in [1.165, 1.54) is 32.1 Å². The van der Waals surface area contributed by atoms with Crippen LogP contribution in [0.1, 0.15) is 66.2 Å². The molecule has 0 nitrogen and oxygen atoms in total. The zero-order valence-corrected chi connectivity index (χ0v) is 11.7. The standard InChI is InChI=1S/C16H30/c1-5-6-7-15-10-16(15)13(4)11(2)12(3)14-8-9-14/h11-16H,5-10H2,1-4H3. The second-order valence-corrected chi connectivity index (χ2v) is 6.72. The molecule has 0 saturated heterocycles. The molecule has 5 atom stereocenters. The SMILES string of the molecule is CCCCC1CC1C(C)C(C)C(C)C1CC1. The quantitative estimate of drug-likeness (QED) is 0.560. The predicted octanol–water partition coefficient (Wildman–Crippen LogP) is 5.13. The summed E-state index contributed by atoms with van der Waals surface area (Å²) >= 11 is 0. The number of unbranched alkanes of at least 4 members (excludes halogenated alkanes) is 1. The Morgan fingerprint density at radius 1 is 1.06 bits per heavy atom. The highest BCUT2D eigenvalue weighted by molar-refractivity contribution is 4.93. The van der Waals surface area contributed by atoms with E-state index in [1.807, 2.05) is 0 Å². The van der Waals surface area contributed by atoms with Crippen molar-refractivity contribution in [1.82, 2.24) is 0 Å². The maximum absolute atomic E-state index is 2.53. The van der Waals surface area contributed by atoms with E-state index >= 15 is 0 Å². The van der Waals surface area contributed by atoms with Crippen molar-refractivity contribution >= 4 is 0 Å². The lowest BCUT2D eigenvalue weighted by atomic mass is 9.79. The molecule has 0 amide bonds. The second kappa shape index (κ2) is 5.10. The van der Waals surface area contributed by atoms with Gasteiger partial charge in [0.1, 0.15) is 0 Å². The van der Waals surface area contributed by atoms with Gasteiger partial charge in [-0.2, -0.15) is 0 Å². The van der Waals surface area contributed by atoms with E-state index in [1.54, 1.807) is 6.42 Å². The van der Waals surface area contributed by atoms with Crippen LogP contribution in [-0.4, -0.2) is 0 Å². The number of rotatable bonds is 7. The molecule has 2 fully saturated rings. The Balaban J connectivity index is 1.73. The molecule has 0 heterocycles. The lowest BCUT2D eigenvalue weighted by Crippen LogP contribution is -2.20. The normalized spacial score (nSPS) is 34.5. The van der Waals surface area contributed by atoms with Crippen LogP contribution < -0.4 is 0 Å². The largest absolute Gasteiger partial charge is 0.0654 e. The monoisotopic (exact) mass is 222 g/mol. The van der Waals surface area contributed by atoms with Crippen LogP contribution in [0.5, 0.6) is 0 Å².